The lowest BCUT2D eigenvalue weighted by Crippen LogP contribution is -2.14. The van der Waals surface area contributed by atoms with E-state index < -0.39 is 15.9 Å². The number of carbonyl (C=O) groups excluding carboxylic acids is 1. The third-order valence-corrected chi connectivity index (χ3v) is 4.40. The van der Waals surface area contributed by atoms with Gasteiger partial charge in [-0.05, 0) is 25.0 Å². The molecule has 1 heterocycles. The van der Waals surface area contributed by atoms with Gasteiger partial charge in [-0.15, -0.1) is 0 Å². The fraction of sp³-hybridized carbons (Fsp3) is 0.333. The summed E-state index contributed by atoms with van der Waals surface area (Å²) in [5.41, 5.74) is 0.381. The minimum Gasteiger partial charge on any atom is -0.378 e. The molecule has 0 aliphatic heterocycles. The summed E-state index contributed by atoms with van der Waals surface area (Å²) in [5, 5.41) is -0.319. The van der Waals surface area contributed by atoms with E-state index in [1.165, 1.54) is 22.8 Å². The summed E-state index contributed by atoms with van der Waals surface area (Å²) < 4.78 is 44.7. The largest absolute Gasteiger partial charge is 0.378 e. The second-order valence-electron chi connectivity index (χ2n) is 5.17. The lowest BCUT2D eigenvalue weighted by molar-refractivity contribution is 0.111. The molecule has 0 aliphatic rings. The normalized spacial score (nSPS) is 11.7. The Kier molecular flexibility index (Phi) is 4.84. The van der Waals surface area contributed by atoms with E-state index in [2.05, 4.69) is 4.98 Å². The smallest absolute Gasteiger partial charge is 0.358 e. The van der Waals surface area contributed by atoms with Crippen molar-refractivity contribution in [2.75, 3.05) is 0 Å². The van der Waals surface area contributed by atoms with Crippen LogP contribution < -0.4 is 4.18 Å². The van der Waals surface area contributed by atoms with Crippen LogP contribution in [0, 0.1) is 5.82 Å². The van der Waals surface area contributed by atoms with Crippen LogP contribution in [0.3, 0.4) is 0 Å². The van der Waals surface area contributed by atoms with Crippen molar-refractivity contribution < 1.29 is 21.8 Å². The van der Waals surface area contributed by atoms with Crippen LogP contribution in [0.15, 0.2) is 29.3 Å². The zero-order valence-corrected chi connectivity index (χ0v) is 13.8. The standard InChI is InChI=1S/C15H17FN2O4S/c1-4-18-13(9-19)17-15(14(18)10(2)3)23(20,21)22-12-7-5-6-11(16)8-12/h5-10H,4H2,1-3H3. The average Bonchev–Trinajstić information content (AvgIpc) is 2.86. The number of rotatable bonds is 6. The molecule has 124 valence electrons. The molecular formula is C15H17FN2O4S. The summed E-state index contributed by atoms with van der Waals surface area (Å²) in [7, 11) is -4.29. The minimum atomic E-state index is -4.29. The van der Waals surface area contributed by atoms with Gasteiger partial charge in [-0.2, -0.15) is 8.42 Å². The Morgan fingerprint density at radius 2 is 2.09 bits per heavy atom. The van der Waals surface area contributed by atoms with Gasteiger partial charge in [0, 0.05) is 12.6 Å². The summed E-state index contributed by atoms with van der Waals surface area (Å²) in [5.74, 6) is -0.956. The highest BCUT2D eigenvalue weighted by Gasteiger charge is 2.30. The number of hydrogen-bond acceptors (Lipinski definition) is 5. The number of halogens is 1. The van der Waals surface area contributed by atoms with Crippen LogP contribution in [0.1, 0.15) is 43.0 Å². The van der Waals surface area contributed by atoms with Crippen molar-refractivity contribution in [1.82, 2.24) is 9.55 Å². The molecule has 0 bridgehead atoms. The minimum absolute atomic E-state index is 0.0117. The van der Waals surface area contributed by atoms with Crippen molar-refractivity contribution in [2.45, 2.75) is 38.3 Å². The Morgan fingerprint density at radius 1 is 1.39 bits per heavy atom. The zero-order chi connectivity index (χ0) is 17.2. The van der Waals surface area contributed by atoms with Gasteiger partial charge >= 0.3 is 10.1 Å². The molecule has 0 saturated heterocycles. The Balaban J connectivity index is 2.55. The van der Waals surface area contributed by atoms with E-state index in [1.807, 2.05) is 0 Å². The first-order valence-electron chi connectivity index (χ1n) is 7.05. The molecule has 1 aromatic heterocycles. The van der Waals surface area contributed by atoms with Crippen molar-refractivity contribution in [2.24, 2.45) is 0 Å². The quantitative estimate of drug-likeness (QED) is 0.597. The van der Waals surface area contributed by atoms with Gasteiger partial charge in [0.15, 0.2) is 12.1 Å². The number of imidazole rings is 1. The van der Waals surface area contributed by atoms with E-state index in [-0.39, 0.29) is 22.5 Å². The van der Waals surface area contributed by atoms with Gasteiger partial charge in [0.2, 0.25) is 5.03 Å². The molecule has 0 fully saturated rings. The fourth-order valence-corrected chi connectivity index (χ4v) is 3.55. The van der Waals surface area contributed by atoms with E-state index in [1.54, 1.807) is 20.8 Å². The van der Waals surface area contributed by atoms with E-state index in [0.29, 0.717) is 18.5 Å². The highest BCUT2D eigenvalue weighted by molar-refractivity contribution is 7.87. The molecule has 2 aromatic rings. The van der Waals surface area contributed by atoms with Gasteiger partial charge in [-0.25, -0.2) is 9.37 Å². The fourth-order valence-electron chi connectivity index (χ4n) is 2.31. The Hall–Kier alpha value is -2.22. The van der Waals surface area contributed by atoms with Gasteiger partial charge in [-0.1, -0.05) is 19.9 Å². The first-order chi connectivity index (χ1) is 10.8. The van der Waals surface area contributed by atoms with Gasteiger partial charge in [0.25, 0.3) is 0 Å². The van der Waals surface area contributed by atoms with E-state index >= 15 is 0 Å². The van der Waals surface area contributed by atoms with Crippen molar-refractivity contribution in [3.05, 3.63) is 41.6 Å². The Morgan fingerprint density at radius 3 is 2.61 bits per heavy atom. The molecule has 23 heavy (non-hydrogen) atoms. The van der Waals surface area contributed by atoms with Gasteiger partial charge in [-0.3, -0.25) is 4.79 Å². The van der Waals surface area contributed by atoms with E-state index in [9.17, 15) is 17.6 Å². The topological polar surface area (TPSA) is 78.3 Å². The molecular weight excluding hydrogens is 323 g/mol. The zero-order valence-electron chi connectivity index (χ0n) is 13.0. The number of carbonyl (C=O) groups is 1. The molecule has 0 spiro atoms. The maximum absolute atomic E-state index is 13.2. The van der Waals surface area contributed by atoms with Crippen LogP contribution in [-0.2, 0) is 16.7 Å². The highest BCUT2D eigenvalue weighted by Crippen LogP contribution is 2.27. The van der Waals surface area contributed by atoms with Crippen LogP contribution in [0.5, 0.6) is 5.75 Å². The second kappa shape index (κ2) is 6.49. The molecule has 1 aromatic carbocycles. The number of aromatic nitrogens is 2. The van der Waals surface area contributed by atoms with Crippen molar-refractivity contribution in [3.63, 3.8) is 0 Å². The van der Waals surface area contributed by atoms with Crippen LogP contribution in [-0.4, -0.2) is 24.3 Å². The Labute approximate surface area is 134 Å². The summed E-state index contributed by atoms with van der Waals surface area (Å²) in [6, 6.07) is 4.80. The van der Waals surface area contributed by atoms with Crippen molar-refractivity contribution in [3.8, 4) is 5.75 Å². The van der Waals surface area contributed by atoms with E-state index in [4.69, 9.17) is 4.18 Å². The third kappa shape index (κ3) is 3.42. The summed E-state index contributed by atoms with van der Waals surface area (Å²) in [6.07, 6.45) is 0.497. The molecule has 0 atom stereocenters. The Bertz CT molecular complexity index is 828. The van der Waals surface area contributed by atoms with Crippen LogP contribution in [0.4, 0.5) is 4.39 Å². The molecule has 0 aliphatic carbocycles. The third-order valence-electron chi connectivity index (χ3n) is 3.21. The van der Waals surface area contributed by atoms with Crippen molar-refractivity contribution in [1.29, 1.82) is 0 Å². The molecule has 0 saturated carbocycles. The van der Waals surface area contributed by atoms with E-state index in [0.717, 1.165) is 6.07 Å². The summed E-state index contributed by atoms with van der Waals surface area (Å²) >= 11 is 0. The molecule has 0 amide bonds. The second-order valence-corrected chi connectivity index (χ2v) is 6.63. The van der Waals surface area contributed by atoms with Gasteiger partial charge in [0.1, 0.15) is 11.6 Å². The monoisotopic (exact) mass is 340 g/mol. The first kappa shape index (κ1) is 17.1. The summed E-state index contributed by atoms with van der Waals surface area (Å²) in [4.78, 5) is 15.0. The SMILES string of the molecule is CCn1c(C=O)nc(S(=O)(=O)Oc2cccc(F)c2)c1C(C)C. The molecule has 0 N–H and O–H groups in total. The van der Waals surface area contributed by atoms with Crippen molar-refractivity contribution >= 4 is 16.4 Å². The highest BCUT2D eigenvalue weighted by atomic mass is 32.2. The predicted octanol–water partition coefficient (Wildman–Crippen LogP) is 2.75. The average molecular weight is 340 g/mol. The van der Waals surface area contributed by atoms with Crippen LogP contribution in [0.2, 0.25) is 0 Å². The number of hydrogen-bond donors (Lipinski definition) is 0. The van der Waals surface area contributed by atoms with Crippen LogP contribution >= 0.6 is 0 Å². The molecule has 8 heteroatoms. The number of benzene rings is 1. The first-order valence-corrected chi connectivity index (χ1v) is 8.46. The van der Waals surface area contributed by atoms with Gasteiger partial charge < -0.3 is 8.75 Å². The lowest BCUT2D eigenvalue weighted by atomic mass is 10.1. The molecule has 2 rings (SSSR count). The summed E-state index contributed by atoms with van der Waals surface area (Å²) in [6.45, 7) is 5.76. The number of nitrogens with zero attached hydrogens (tertiary/aromatic N) is 2. The predicted molar refractivity (Wildman–Crippen MR) is 81.6 cm³/mol. The maximum atomic E-state index is 13.2. The molecule has 6 nitrogen and oxygen atoms in total. The van der Waals surface area contributed by atoms with Gasteiger partial charge in [0.05, 0.1) is 5.69 Å². The van der Waals surface area contributed by atoms with Crippen LogP contribution in [0.25, 0.3) is 0 Å². The maximum Gasteiger partial charge on any atom is 0.358 e. The molecule has 0 unspecified atom stereocenters. The molecule has 0 radical (unpaired) electrons. The number of aldehydes is 1. The lowest BCUT2D eigenvalue weighted by Gasteiger charge is -2.12.